The molecule has 1 N–H and O–H groups in total. The van der Waals surface area contributed by atoms with Crippen LogP contribution in [-0.4, -0.2) is 20.6 Å². The van der Waals surface area contributed by atoms with Crippen LogP contribution < -0.4 is 0 Å². The zero-order valence-electron chi connectivity index (χ0n) is 14.6. The highest BCUT2D eigenvalue weighted by atomic mass is 16.4. The quantitative estimate of drug-likeness (QED) is 0.687. The number of benzene rings is 2. The van der Waals surface area contributed by atoms with Crippen molar-refractivity contribution >= 4 is 29.2 Å². The Morgan fingerprint density at radius 3 is 2.54 bits per heavy atom. The standard InChI is InChI=1S/C22H22N2O2/c25-22(26)17-12-13-20-19(15-17)23-21(14-11-16-7-3-1-4-8-16)24(20)18-9-5-2-6-10-18/h1,3-4,7-8,11-15,18H,2,5-6,9-10H2,(H,25,26)/b14-11+. The number of carboxylic acids is 1. The molecular weight excluding hydrogens is 324 g/mol. The number of aromatic nitrogens is 2. The zero-order valence-corrected chi connectivity index (χ0v) is 14.6. The first-order valence-corrected chi connectivity index (χ1v) is 9.21. The van der Waals surface area contributed by atoms with E-state index in [-0.39, 0.29) is 5.56 Å². The van der Waals surface area contributed by atoms with Gasteiger partial charge in [0.15, 0.2) is 0 Å². The van der Waals surface area contributed by atoms with Gasteiger partial charge in [-0.15, -0.1) is 0 Å². The molecule has 0 radical (unpaired) electrons. The van der Waals surface area contributed by atoms with Crippen LogP contribution in [0.15, 0.2) is 48.5 Å². The Labute approximate surface area is 152 Å². The minimum atomic E-state index is -0.916. The zero-order chi connectivity index (χ0) is 17.9. The van der Waals surface area contributed by atoms with E-state index in [9.17, 15) is 9.90 Å². The summed E-state index contributed by atoms with van der Waals surface area (Å²) in [5, 5.41) is 9.27. The Morgan fingerprint density at radius 1 is 1.04 bits per heavy atom. The molecule has 2 aromatic carbocycles. The minimum Gasteiger partial charge on any atom is -0.478 e. The molecule has 0 aliphatic heterocycles. The van der Waals surface area contributed by atoms with Gasteiger partial charge in [0.2, 0.25) is 0 Å². The molecule has 0 atom stereocenters. The fourth-order valence-electron chi connectivity index (χ4n) is 3.83. The third kappa shape index (κ3) is 3.27. The van der Waals surface area contributed by atoms with Crippen LogP contribution in [0.2, 0.25) is 0 Å². The van der Waals surface area contributed by atoms with Crippen LogP contribution in [0.5, 0.6) is 0 Å². The third-order valence-corrected chi connectivity index (χ3v) is 5.13. The molecule has 1 heterocycles. The van der Waals surface area contributed by atoms with Gasteiger partial charge in [0.05, 0.1) is 16.6 Å². The molecular formula is C22H22N2O2. The van der Waals surface area contributed by atoms with E-state index in [4.69, 9.17) is 4.98 Å². The highest BCUT2D eigenvalue weighted by Crippen LogP contribution is 2.33. The summed E-state index contributed by atoms with van der Waals surface area (Å²) in [7, 11) is 0. The van der Waals surface area contributed by atoms with Crippen molar-refractivity contribution in [3.63, 3.8) is 0 Å². The number of carbonyl (C=O) groups is 1. The second-order valence-electron chi connectivity index (χ2n) is 6.88. The van der Waals surface area contributed by atoms with Crippen molar-refractivity contribution < 1.29 is 9.90 Å². The number of imidazole rings is 1. The maximum absolute atomic E-state index is 11.3. The molecule has 0 unspecified atom stereocenters. The Morgan fingerprint density at radius 2 is 1.81 bits per heavy atom. The van der Waals surface area contributed by atoms with Gasteiger partial charge in [0.1, 0.15) is 5.82 Å². The smallest absolute Gasteiger partial charge is 0.335 e. The molecule has 3 aromatic rings. The van der Waals surface area contributed by atoms with E-state index in [1.165, 1.54) is 19.3 Å². The molecule has 1 aromatic heterocycles. The first-order chi connectivity index (χ1) is 12.7. The molecule has 1 aliphatic rings. The molecule has 4 rings (SSSR count). The SMILES string of the molecule is O=C(O)c1ccc2c(c1)nc(/C=C/c1ccccc1)n2C1CCCCC1. The van der Waals surface area contributed by atoms with Gasteiger partial charge in [-0.05, 0) is 42.7 Å². The molecule has 4 nitrogen and oxygen atoms in total. The van der Waals surface area contributed by atoms with Crippen molar-refractivity contribution in [2.75, 3.05) is 0 Å². The van der Waals surface area contributed by atoms with Crippen LogP contribution in [-0.2, 0) is 0 Å². The molecule has 0 bridgehead atoms. The summed E-state index contributed by atoms with van der Waals surface area (Å²) in [6.07, 6.45) is 10.2. The lowest BCUT2D eigenvalue weighted by Gasteiger charge is -2.25. The summed E-state index contributed by atoms with van der Waals surface area (Å²) in [6, 6.07) is 15.8. The number of aromatic carboxylic acids is 1. The Balaban J connectivity index is 1.80. The Bertz CT molecular complexity index is 951. The van der Waals surface area contributed by atoms with Crippen molar-refractivity contribution in [3.05, 3.63) is 65.5 Å². The molecule has 1 saturated carbocycles. The van der Waals surface area contributed by atoms with Gasteiger partial charge in [-0.3, -0.25) is 0 Å². The van der Waals surface area contributed by atoms with Crippen molar-refractivity contribution in [1.29, 1.82) is 0 Å². The van der Waals surface area contributed by atoms with Gasteiger partial charge in [-0.2, -0.15) is 0 Å². The first-order valence-electron chi connectivity index (χ1n) is 9.21. The second kappa shape index (κ2) is 7.16. The molecule has 0 amide bonds. The molecule has 0 spiro atoms. The summed E-state index contributed by atoms with van der Waals surface area (Å²) >= 11 is 0. The predicted molar refractivity (Wildman–Crippen MR) is 104 cm³/mol. The molecule has 1 aliphatic carbocycles. The lowest BCUT2D eigenvalue weighted by molar-refractivity contribution is 0.0697. The van der Waals surface area contributed by atoms with Crippen LogP contribution in [0.1, 0.15) is 59.9 Å². The van der Waals surface area contributed by atoms with Gasteiger partial charge >= 0.3 is 5.97 Å². The van der Waals surface area contributed by atoms with Crippen LogP contribution in [0.25, 0.3) is 23.2 Å². The average molecular weight is 346 g/mol. The van der Waals surface area contributed by atoms with Gasteiger partial charge < -0.3 is 9.67 Å². The van der Waals surface area contributed by atoms with Gasteiger partial charge in [-0.1, -0.05) is 55.7 Å². The van der Waals surface area contributed by atoms with Gasteiger partial charge in [0.25, 0.3) is 0 Å². The molecule has 26 heavy (non-hydrogen) atoms. The summed E-state index contributed by atoms with van der Waals surface area (Å²) in [4.78, 5) is 16.1. The number of carboxylic acid groups (broad SMARTS) is 1. The van der Waals surface area contributed by atoms with Crippen molar-refractivity contribution in [2.45, 2.75) is 38.1 Å². The highest BCUT2D eigenvalue weighted by molar-refractivity contribution is 5.93. The lowest BCUT2D eigenvalue weighted by Crippen LogP contribution is -2.14. The number of hydrogen-bond donors (Lipinski definition) is 1. The van der Waals surface area contributed by atoms with Crippen molar-refractivity contribution in [1.82, 2.24) is 9.55 Å². The largest absolute Gasteiger partial charge is 0.478 e. The lowest BCUT2D eigenvalue weighted by atomic mass is 9.95. The predicted octanol–water partition coefficient (Wildman–Crippen LogP) is 5.41. The normalized spacial score (nSPS) is 15.7. The van der Waals surface area contributed by atoms with Crippen LogP contribution >= 0.6 is 0 Å². The van der Waals surface area contributed by atoms with E-state index >= 15 is 0 Å². The van der Waals surface area contributed by atoms with Gasteiger partial charge in [0, 0.05) is 6.04 Å². The van der Waals surface area contributed by atoms with E-state index in [2.05, 4.69) is 22.8 Å². The topological polar surface area (TPSA) is 55.1 Å². The molecule has 0 saturated heterocycles. The maximum Gasteiger partial charge on any atom is 0.335 e. The molecule has 1 fully saturated rings. The number of nitrogens with zero attached hydrogens (tertiary/aromatic N) is 2. The van der Waals surface area contributed by atoms with Crippen LogP contribution in [0.3, 0.4) is 0 Å². The van der Waals surface area contributed by atoms with Crippen LogP contribution in [0.4, 0.5) is 0 Å². The third-order valence-electron chi connectivity index (χ3n) is 5.13. The molecule has 132 valence electrons. The van der Waals surface area contributed by atoms with E-state index in [0.29, 0.717) is 6.04 Å². The van der Waals surface area contributed by atoms with E-state index in [1.54, 1.807) is 12.1 Å². The minimum absolute atomic E-state index is 0.282. The fourth-order valence-corrected chi connectivity index (χ4v) is 3.83. The van der Waals surface area contributed by atoms with E-state index < -0.39 is 5.97 Å². The van der Waals surface area contributed by atoms with Gasteiger partial charge in [-0.25, -0.2) is 9.78 Å². The number of fused-ring (bicyclic) bond motifs is 1. The summed E-state index contributed by atoms with van der Waals surface area (Å²) in [5.74, 6) is -0.0150. The Kier molecular flexibility index (Phi) is 4.57. The van der Waals surface area contributed by atoms with Crippen molar-refractivity contribution in [2.24, 2.45) is 0 Å². The van der Waals surface area contributed by atoms with E-state index in [1.807, 2.05) is 30.3 Å². The first kappa shape index (κ1) is 16.6. The summed E-state index contributed by atoms with van der Waals surface area (Å²) < 4.78 is 2.31. The monoisotopic (exact) mass is 346 g/mol. The second-order valence-corrected chi connectivity index (χ2v) is 6.88. The number of hydrogen-bond acceptors (Lipinski definition) is 2. The summed E-state index contributed by atoms with van der Waals surface area (Å²) in [6.45, 7) is 0. The fraction of sp³-hybridized carbons (Fsp3) is 0.273. The summed E-state index contributed by atoms with van der Waals surface area (Å²) in [5.41, 5.74) is 3.18. The average Bonchev–Trinajstić information content (AvgIpc) is 3.05. The van der Waals surface area contributed by atoms with Crippen LogP contribution in [0, 0.1) is 0 Å². The Hall–Kier alpha value is -2.88. The molecule has 4 heteroatoms. The number of rotatable bonds is 4. The maximum atomic E-state index is 11.3. The van der Waals surface area contributed by atoms with Crippen molar-refractivity contribution in [3.8, 4) is 0 Å². The van der Waals surface area contributed by atoms with E-state index in [0.717, 1.165) is 35.3 Å². The highest BCUT2D eigenvalue weighted by Gasteiger charge is 2.21.